The number of hydrogen-bond donors (Lipinski definition) is 1. The van der Waals surface area contributed by atoms with E-state index < -0.39 is 22.1 Å². The lowest BCUT2D eigenvalue weighted by atomic mass is 10.3. The van der Waals surface area contributed by atoms with E-state index >= 15 is 0 Å². The summed E-state index contributed by atoms with van der Waals surface area (Å²) in [6.07, 6.45) is -4.80. The minimum absolute atomic E-state index is 0.281. The second-order valence-electron chi connectivity index (χ2n) is 2.56. The number of ether oxygens (including phenoxy) is 1. The Balaban J connectivity index is 2.92. The first-order valence-corrected chi connectivity index (χ1v) is 5.12. The second-order valence-corrected chi connectivity index (χ2v) is 4.13. The van der Waals surface area contributed by atoms with Crippen LogP contribution in [-0.4, -0.2) is 14.8 Å². The topological polar surface area (TPSA) is 69.4 Å². The standard InChI is InChI=1S/C7H6F3NO3S/c8-7(9,10)14-5-1-3-6(4-2-5)15(11,12)13/h1-4H,(H2,11,12,13). The quantitative estimate of drug-likeness (QED) is 0.846. The fourth-order valence-electron chi connectivity index (χ4n) is 0.831. The Morgan fingerprint density at radius 1 is 1.13 bits per heavy atom. The predicted octanol–water partition coefficient (Wildman–Crippen LogP) is 1.23. The minimum Gasteiger partial charge on any atom is -0.406 e. The Hall–Kier alpha value is -1.28. The molecule has 2 N–H and O–H groups in total. The lowest BCUT2D eigenvalue weighted by Crippen LogP contribution is -2.17. The molecule has 1 aromatic rings. The first kappa shape index (κ1) is 11.8. The van der Waals surface area contributed by atoms with Gasteiger partial charge in [0.05, 0.1) is 4.90 Å². The highest BCUT2D eigenvalue weighted by Crippen LogP contribution is 2.23. The number of halogens is 3. The highest BCUT2D eigenvalue weighted by atomic mass is 32.2. The van der Waals surface area contributed by atoms with Gasteiger partial charge in [-0.05, 0) is 24.3 Å². The van der Waals surface area contributed by atoms with E-state index in [0.29, 0.717) is 0 Å². The third-order valence-electron chi connectivity index (χ3n) is 1.39. The van der Waals surface area contributed by atoms with E-state index in [1.807, 2.05) is 0 Å². The number of sulfonamides is 1. The SMILES string of the molecule is NS(=O)(=O)c1ccc(OC(F)(F)F)cc1. The van der Waals surface area contributed by atoms with Crippen LogP contribution < -0.4 is 9.88 Å². The molecule has 0 fully saturated rings. The Kier molecular flexibility index (Phi) is 2.91. The Morgan fingerprint density at radius 2 is 1.60 bits per heavy atom. The molecule has 0 aliphatic rings. The fraction of sp³-hybridized carbons (Fsp3) is 0.143. The van der Waals surface area contributed by atoms with Gasteiger partial charge in [-0.15, -0.1) is 13.2 Å². The van der Waals surface area contributed by atoms with Crippen LogP contribution in [0.4, 0.5) is 13.2 Å². The highest BCUT2D eigenvalue weighted by Gasteiger charge is 2.31. The van der Waals surface area contributed by atoms with Gasteiger partial charge in [0.25, 0.3) is 0 Å². The molecule has 1 aromatic carbocycles. The molecule has 0 unspecified atom stereocenters. The second kappa shape index (κ2) is 3.70. The number of rotatable bonds is 2. The molecule has 0 atom stereocenters. The summed E-state index contributed by atoms with van der Waals surface area (Å²) in [7, 11) is -3.90. The molecule has 4 nitrogen and oxygen atoms in total. The van der Waals surface area contributed by atoms with Crippen LogP contribution >= 0.6 is 0 Å². The van der Waals surface area contributed by atoms with Gasteiger partial charge in [-0.25, -0.2) is 13.6 Å². The van der Waals surface area contributed by atoms with Crippen molar-refractivity contribution < 1.29 is 26.3 Å². The maximum Gasteiger partial charge on any atom is 0.573 e. The van der Waals surface area contributed by atoms with Gasteiger partial charge >= 0.3 is 6.36 Å². The zero-order chi connectivity index (χ0) is 11.7. The largest absolute Gasteiger partial charge is 0.573 e. The van der Waals surface area contributed by atoms with Crippen LogP contribution in [0.3, 0.4) is 0 Å². The van der Waals surface area contributed by atoms with Crippen LogP contribution in [0.15, 0.2) is 29.2 Å². The smallest absolute Gasteiger partial charge is 0.406 e. The van der Waals surface area contributed by atoms with Gasteiger partial charge in [-0.2, -0.15) is 0 Å². The van der Waals surface area contributed by atoms with Crippen molar-refractivity contribution in [3.05, 3.63) is 24.3 Å². The summed E-state index contributed by atoms with van der Waals surface area (Å²) in [4.78, 5) is -0.281. The predicted molar refractivity (Wildman–Crippen MR) is 44.5 cm³/mol. The third-order valence-corrected chi connectivity index (χ3v) is 2.32. The summed E-state index contributed by atoms with van der Waals surface area (Å²) in [5, 5.41) is 4.74. The molecule has 1 rings (SSSR count). The molecule has 8 heteroatoms. The van der Waals surface area contributed by atoms with Gasteiger partial charge in [0.1, 0.15) is 5.75 Å². The van der Waals surface area contributed by atoms with Crippen LogP contribution in [0.5, 0.6) is 5.75 Å². The number of nitrogens with two attached hydrogens (primary N) is 1. The van der Waals surface area contributed by atoms with Gasteiger partial charge in [0, 0.05) is 0 Å². The van der Waals surface area contributed by atoms with Crippen molar-refractivity contribution in [2.24, 2.45) is 5.14 Å². The van der Waals surface area contributed by atoms with Gasteiger partial charge < -0.3 is 4.74 Å². The monoisotopic (exact) mass is 241 g/mol. The minimum atomic E-state index is -4.80. The lowest BCUT2D eigenvalue weighted by molar-refractivity contribution is -0.274. The van der Waals surface area contributed by atoms with E-state index in [0.717, 1.165) is 24.3 Å². The van der Waals surface area contributed by atoms with Crippen molar-refractivity contribution in [3.63, 3.8) is 0 Å². The average Bonchev–Trinajstić information content (AvgIpc) is 2.00. The molecule has 0 aliphatic carbocycles. The van der Waals surface area contributed by atoms with Crippen molar-refractivity contribution in [2.75, 3.05) is 0 Å². The maximum atomic E-state index is 11.7. The van der Waals surface area contributed by atoms with Gasteiger partial charge in [-0.1, -0.05) is 0 Å². The van der Waals surface area contributed by atoms with E-state index in [9.17, 15) is 21.6 Å². The van der Waals surface area contributed by atoms with Crippen LogP contribution in [-0.2, 0) is 10.0 Å². The molecule has 0 spiro atoms. The van der Waals surface area contributed by atoms with Crippen molar-refractivity contribution in [3.8, 4) is 5.75 Å². The Labute approximate surface area is 83.5 Å². The normalized spacial score (nSPS) is 12.5. The average molecular weight is 241 g/mol. The molecule has 0 radical (unpaired) electrons. The van der Waals surface area contributed by atoms with Crippen LogP contribution in [0, 0.1) is 0 Å². The number of benzene rings is 1. The first-order valence-electron chi connectivity index (χ1n) is 3.57. The molecule has 0 aromatic heterocycles. The summed E-state index contributed by atoms with van der Waals surface area (Å²) in [6.45, 7) is 0. The van der Waals surface area contributed by atoms with Gasteiger partial charge in [0.2, 0.25) is 10.0 Å². The zero-order valence-electron chi connectivity index (χ0n) is 7.15. The van der Waals surface area contributed by atoms with Crippen molar-refractivity contribution in [1.29, 1.82) is 0 Å². The van der Waals surface area contributed by atoms with E-state index in [2.05, 4.69) is 4.74 Å². The molecule has 84 valence electrons. The van der Waals surface area contributed by atoms with E-state index in [4.69, 9.17) is 5.14 Å². The summed E-state index contributed by atoms with van der Waals surface area (Å²) < 4.78 is 60.2. The van der Waals surface area contributed by atoms with Gasteiger partial charge in [-0.3, -0.25) is 0 Å². The summed E-state index contributed by atoms with van der Waals surface area (Å²) in [6, 6.07) is 3.59. The maximum absolute atomic E-state index is 11.7. The molecule has 0 aliphatic heterocycles. The zero-order valence-corrected chi connectivity index (χ0v) is 7.97. The molecule has 0 heterocycles. The van der Waals surface area contributed by atoms with Crippen molar-refractivity contribution in [1.82, 2.24) is 0 Å². The van der Waals surface area contributed by atoms with Crippen LogP contribution in [0.1, 0.15) is 0 Å². The molecular weight excluding hydrogens is 235 g/mol. The summed E-state index contributed by atoms with van der Waals surface area (Å²) >= 11 is 0. The lowest BCUT2D eigenvalue weighted by Gasteiger charge is -2.08. The first-order chi connectivity index (χ1) is 6.68. The fourth-order valence-corrected chi connectivity index (χ4v) is 1.35. The molecule has 0 saturated heterocycles. The van der Waals surface area contributed by atoms with Crippen molar-refractivity contribution >= 4 is 10.0 Å². The summed E-state index contributed by atoms with van der Waals surface area (Å²) in [5.74, 6) is -0.505. The van der Waals surface area contributed by atoms with E-state index in [-0.39, 0.29) is 4.90 Å². The number of alkyl halides is 3. The Bertz CT molecular complexity index is 438. The van der Waals surface area contributed by atoms with Gasteiger partial charge in [0.15, 0.2) is 0 Å². The van der Waals surface area contributed by atoms with Crippen LogP contribution in [0.25, 0.3) is 0 Å². The number of primary sulfonamides is 1. The molecule has 15 heavy (non-hydrogen) atoms. The molecular formula is C7H6F3NO3S. The summed E-state index contributed by atoms with van der Waals surface area (Å²) in [5.41, 5.74) is 0. The third kappa shape index (κ3) is 3.76. The highest BCUT2D eigenvalue weighted by molar-refractivity contribution is 7.89. The molecule has 0 bridgehead atoms. The van der Waals surface area contributed by atoms with E-state index in [1.165, 1.54) is 0 Å². The number of hydrogen-bond acceptors (Lipinski definition) is 3. The van der Waals surface area contributed by atoms with E-state index in [1.54, 1.807) is 0 Å². The molecule has 0 amide bonds. The van der Waals surface area contributed by atoms with Crippen molar-refractivity contribution in [2.45, 2.75) is 11.3 Å². The Morgan fingerprint density at radius 3 is 1.93 bits per heavy atom. The van der Waals surface area contributed by atoms with Crippen LogP contribution in [0.2, 0.25) is 0 Å². The molecule has 0 saturated carbocycles.